The van der Waals surface area contributed by atoms with Gasteiger partial charge >= 0.3 is 11.9 Å². The number of primary amides is 2. The number of oxime groups is 2. The molecule has 8 fully saturated rings. The third kappa shape index (κ3) is 7.59. The van der Waals surface area contributed by atoms with E-state index in [1.165, 1.54) is 0 Å². The molecule has 0 aliphatic heterocycles. The van der Waals surface area contributed by atoms with Gasteiger partial charge in [0.2, 0.25) is 11.8 Å². The Bertz CT molecular complexity index is 1870. The van der Waals surface area contributed by atoms with Crippen molar-refractivity contribution in [3.8, 4) is 0 Å². The van der Waals surface area contributed by atoms with Gasteiger partial charge in [-0.25, -0.2) is 9.59 Å². The third-order valence-electron chi connectivity index (χ3n) is 19.1. The Labute approximate surface area is 376 Å². The van der Waals surface area contributed by atoms with Crippen LogP contribution >= 0.6 is 0 Å². The Morgan fingerprint density at radius 3 is 1.34 bits per heavy atom. The first-order chi connectivity index (χ1) is 30.4. The smallest absolute Gasteiger partial charge is 0.331 e. The molecule has 8 aliphatic carbocycles. The zero-order valence-electron chi connectivity index (χ0n) is 38.1. The summed E-state index contributed by atoms with van der Waals surface area (Å²) in [5.74, 6) is -3.12. The van der Waals surface area contributed by atoms with Gasteiger partial charge in [-0.15, -0.1) is 0 Å². The van der Waals surface area contributed by atoms with Crippen molar-refractivity contribution in [3.63, 3.8) is 0 Å². The van der Waals surface area contributed by atoms with Crippen LogP contribution in [-0.4, -0.2) is 85.3 Å². The van der Waals surface area contributed by atoms with Gasteiger partial charge in [0.05, 0.1) is 11.4 Å². The minimum atomic E-state index is -0.755. The van der Waals surface area contributed by atoms with E-state index in [0.717, 1.165) is 50.7 Å². The number of fused-ring (bicyclic) bond motifs is 10. The van der Waals surface area contributed by atoms with Gasteiger partial charge in [0.1, 0.15) is 37.0 Å². The predicted octanol–water partition coefficient (Wildman–Crippen LogP) is 3.90. The molecule has 0 radical (unpaired) electrons. The van der Waals surface area contributed by atoms with E-state index in [2.05, 4.69) is 38.0 Å². The summed E-state index contributed by atoms with van der Waals surface area (Å²) in [6.45, 7) is 9.24. The van der Waals surface area contributed by atoms with Crippen LogP contribution < -0.4 is 22.9 Å². The first kappa shape index (κ1) is 46.4. The summed E-state index contributed by atoms with van der Waals surface area (Å²) in [4.78, 5) is 92.3. The monoisotopic (exact) mass is 891 g/mol. The van der Waals surface area contributed by atoms with Crippen LogP contribution in [0.3, 0.4) is 0 Å². The number of nitrogens with two attached hydrogens (primary N) is 4. The van der Waals surface area contributed by atoms with Crippen LogP contribution in [0.1, 0.15) is 118 Å². The lowest BCUT2D eigenvalue weighted by atomic mass is 9.42. The number of ketones is 2. The quantitative estimate of drug-likeness (QED) is 0.0941. The lowest BCUT2D eigenvalue weighted by Gasteiger charge is -2.62. The molecule has 16 heteroatoms. The molecular formula is C48H70N6O10. The van der Waals surface area contributed by atoms with E-state index >= 15 is 0 Å². The fraction of sp³-hybridized carbons (Fsp3) is 0.792. The predicted molar refractivity (Wildman–Crippen MR) is 234 cm³/mol. The summed E-state index contributed by atoms with van der Waals surface area (Å²) in [7, 11) is 0. The molecule has 0 bridgehead atoms. The number of nitrogens with zero attached hydrogens (tertiary/aromatic N) is 2. The number of amides is 2. The van der Waals surface area contributed by atoms with E-state index in [9.17, 15) is 28.8 Å². The Morgan fingerprint density at radius 2 is 0.984 bits per heavy atom. The molecule has 8 saturated carbocycles. The van der Waals surface area contributed by atoms with Gasteiger partial charge in [0.25, 0.3) is 0 Å². The number of rotatable bonds is 12. The van der Waals surface area contributed by atoms with Crippen molar-refractivity contribution >= 4 is 46.7 Å². The number of ether oxygens (including phenoxy) is 2. The highest BCUT2D eigenvalue weighted by Gasteiger charge is 2.68. The molecule has 0 aromatic carbocycles. The van der Waals surface area contributed by atoms with Crippen LogP contribution in [0, 0.1) is 80.8 Å². The lowest BCUT2D eigenvalue weighted by Crippen LogP contribution is -2.63. The highest BCUT2D eigenvalue weighted by atomic mass is 16.6. The van der Waals surface area contributed by atoms with Crippen molar-refractivity contribution in [2.45, 2.75) is 130 Å². The van der Waals surface area contributed by atoms with Crippen molar-refractivity contribution < 1.29 is 47.9 Å². The zero-order chi connectivity index (χ0) is 45.9. The van der Waals surface area contributed by atoms with Gasteiger partial charge in [-0.2, -0.15) is 0 Å². The number of Topliss-reactive ketones (excluding diaryl/α,β-unsaturated/α-hetero) is 2. The van der Waals surface area contributed by atoms with Crippen LogP contribution in [0.4, 0.5) is 0 Å². The molecule has 0 heterocycles. The molecule has 0 spiro atoms. The molecular weight excluding hydrogens is 821 g/mol. The summed E-state index contributed by atoms with van der Waals surface area (Å²) < 4.78 is 12.8. The normalized spacial score (nSPS) is 44.8. The van der Waals surface area contributed by atoms with Crippen molar-refractivity contribution in [1.82, 2.24) is 0 Å². The number of hydrogen-bond acceptors (Lipinski definition) is 14. The summed E-state index contributed by atoms with van der Waals surface area (Å²) in [6.07, 6.45) is 8.68. The van der Waals surface area contributed by atoms with E-state index in [1.54, 1.807) is 0 Å². The Kier molecular flexibility index (Phi) is 12.7. The summed E-state index contributed by atoms with van der Waals surface area (Å²) in [6, 6.07) is 0. The largest absolute Gasteiger partial charge is 0.458 e. The van der Waals surface area contributed by atoms with Crippen molar-refractivity contribution in [2.75, 3.05) is 26.3 Å². The maximum Gasteiger partial charge on any atom is 0.331 e. The number of esters is 2. The second kappa shape index (κ2) is 17.6. The van der Waals surface area contributed by atoms with Crippen LogP contribution in [0.25, 0.3) is 0 Å². The fourth-order valence-electron chi connectivity index (χ4n) is 15.9. The first-order valence-corrected chi connectivity index (χ1v) is 23.9. The van der Waals surface area contributed by atoms with Crippen molar-refractivity contribution in [1.29, 1.82) is 0 Å². The number of carbonyl (C=O) groups excluding carboxylic acids is 6. The Balaban J connectivity index is 1.06. The molecule has 6 unspecified atom stereocenters. The third-order valence-corrected chi connectivity index (χ3v) is 19.1. The fourth-order valence-corrected chi connectivity index (χ4v) is 15.9. The van der Waals surface area contributed by atoms with Gasteiger partial charge < -0.3 is 42.1 Å². The molecule has 8 aliphatic rings. The highest BCUT2D eigenvalue weighted by Crippen LogP contribution is 2.68. The van der Waals surface area contributed by atoms with Gasteiger partial charge in [0.15, 0.2) is 0 Å². The van der Waals surface area contributed by atoms with Gasteiger partial charge in [-0.3, -0.25) is 19.2 Å². The van der Waals surface area contributed by atoms with E-state index in [1.807, 2.05) is 0 Å². The summed E-state index contributed by atoms with van der Waals surface area (Å²) in [5, 5.41) is 8.78. The molecule has 8 N–H and O–H groups in total. The molecule has 0 aromatic rings. The summed E-state index contributed by atoms with van der Waals surface area (Å²) in [5.41, 5.74) is 22.7. The SMILES string of the molecule is C[C@]12C(OC(=O)/C=C/C(=O)OC3CC(=NOCCN)CC4C(C(N)=O)C[C@@H]5[C@@H](CC[C@]6(C)C(=O)CC[C@@H]56)[C@@]34C)CC(=NOCCN)CC1C(C(N)=O)C[C@@H]1[C@H]2CC[C@]2(C)C(=O)CC[C@@H]12. The molecule has 2 amide bonds. The number of carbonyl (C=O) groups is 6. The Hall–Kier alpha value is -4.18. The minimum Gasteiger partial charge on any atom is -0.458 e. The average Bonchev–Trinajstić information content (AvgIpc) is 3.73. The number of hydrogen-bond donors (Lipinski definition) is 4. The van der Waals surface area contributed by atoms with Gasteiger partial charge in [-0.05, 0) is 112 Å². The van der Waals surface area contributed by atoms with Crippen LogP contribution in [0.5, 0.6) is 0 Å². The van der Waals surface area contributed by atoms with Gasteiger partial charge in [-0.1, -0.05) is 38.0 Å². The highest BCUT2D eigenvalue weighted by molar-refractivity contribution is 5.94. The van der Waals surface area contributed by atoms with E-state index in [0.29, 0.717) is 49.9 Å². The average molecular weight is 891 g/mol. The molecule has 0 saturated heterocycles. The van der Waals surface area contributed by atoms with Gasteiger partial charge in [0, 0.05) is 84.4 Å². The molecule has 0 aromatic heterocycles. The topological polar surface area (TPSA) is 268 Å². The maximum atomic E-state index is 14.0. The second-order valence-electron chi connectivity index (χ2n) is 21.6. The van der Waals surface area contributed by atoms with Crippen LogP contribution in [0.15, 0.2) is 22.5 Å². The van der Waals surface area contributed by atoms with E-state index in [-0.39, 0.29) is 98.1 Å². The van der Waals surface area contributed by atoms with Crippen molar-refractivity contribution in [3.05, 3.63) is 12.2 Å². The minimum absolute atomic E-state index is 0.0399. The molecule has 352 valence electrons. The van der Waals surface area contributed by atoms with Crippen LogP contribution in [0.2, 0.25) is 0 Å². The molecule has 16 atom stereocenters. The lowest BCUT2D eigenvalue weighted by molar-refractivity contribution is -0.190. The standard InChI is InChI=1S/C48H70N6O10/c1-45-13-11-33-27(31(45)5-7-37(45)55)23-29(43(51)59)35-19-25(53-61-17-15-49)21-39(47(33,35)3)63-41(57)9-10-42(58)64-40-22-26(54-62-18-16-50)20-36-30(44(52)60)24-28-32-6-8-38(56)46(32,2)14-12-34(28)48(36,40)4/h9-10,27-36,39-40H,5-8,11-24,49-50H2,1-4H3,(H2,51,59)(H2,52,60)/b10-9+,53-25?,54-26?/t27-,28-,29?,30?,31-,32-,33+,34+,35?,36?,39?,40?,45-,46-,47+,48+/m0/s1. The molecule has 64 heavy (non-hydrogen) atoms. The molecule has 16 nitrogen and oxygen atoms in total. The molecule has 8 rings (SSSR count). The summed E-state index contributed by atoms with van der Waals surface area (Å²) >= 11 is 0. The zero-order valence-corrected chi connectivity index (χ0v) is 38.1. The van der Waals surface area contributed by atoms with E-state index in [4.69, 9.17) is 42.1 Å². The van der Waals surface area contributed by atoms with Crippen LogP contribution in [-0.2, 0) is 47.9 Å². The first-order valence-electron chi connectivity index (χ1n) is 23.9. The maximum absolute atomic E-state index is 14.0. The van der Waals surface area contributed by atoms with Crippen molar-refractivity contribution in [2.24, 2.45) is 114 Å². The second-order valence-corrected chi connectivity index (χ2v) is 21.6. The van der Waals surface area contributed by atoms with E-state index < -0.39 is 69.5 Å². The Morgan fingerprint density at radius 1 is 0.594 bits per heavy atom.